The first-order chi connectivity index (χ1) is 8.53. The van der Waals surface area contributed by atoms with Crippen LogP contribution in [0.5, 0.6) is 0 Å². The van der Waals surface area contributed by atoms with E-state index in [1.54, 1.807) is 0 Å². The fraction of sp³-hybridized carbons (Fsp3) is 0.400. The molecule has 0 saturated carbocycles. The average molecular weight is 307 g/mol. The Morgan fingerprint density at radius 1 is 1.22 bits per heavy atom. The Labute approximate surface area is 117 Å². The maximum absolute atomic E-state index is 4.45. The van der Waals surface area contributed by atoms with E-state index in [0.29, 0.717) is 0 Å². The maximum Gasteiger partial charge on any atom is 0.133 e. The van der Waals surface area contributed by atoms with Crippen LogP contribution in [-0.4, -0.2) is 11.5 Å². The lowest BCUT2D eigenvalue weighted by Crippen LogP contribution is -2.22. The van der Waals surface area contributed by atoms with Crippen molar-refractivity contribution in [1.29, 1.82) is 0 Å². The first-order valence-corrected chi connectivity index (χ1v) is 7.10. The number of rotatable bonds is 4. The van der Waals surface area contributed by atoms with Gasteiger partial charge in [-0.2, -0.15) is 0 Å². The summed E-state index contributed by atoms with van der Waals surface area (Å²) in [5, 5.41) is 5.84. The summed E-state index contributed by atoms with van der Waals surface area (Å²) < 4.78 is 1.11. The molecule has 2 rings (SSSR count). The Morgan fingerprint density at radius 2 is 2.00 bits per heavy atom. The summed E-state index contributed by atoms with van der Waals surface area (Å²) in [6.45, 7) is 7.68. The number of pyridine rings is 1. The van der Waals surface area contributed by atoms with Crippen molar-refractivity contribution in [2.24, 2.45) is 5.41 Å². The number of benzene rings is 1. The van der Waals surface area contributed by atoms with Crippen molar-refractivity contribution in [1.82, 2.24) is 4.98 Å². The maximum atomic E-state index is 4.45. The molecule has 96 valence electrons. The second-order valence-electron chi connectivity index (χ2n) is 5.37. The molecule has 0 saturated heterocycles. The van der Waals surface area contributed by atoms with Crippen LogP contribution in [0.2, 0.25) is 0 Å². The smallest absolute Gasteiger partial charge is 0.133 e. The number of fused-ring (bicyclic) bond motifs is 1. The Bertz CT molecular complexity index is 549. The van der Waals surface area contributed by atoms with E-state index in [2.05, 4.69) is 59.1 Å². The van der Waals surface area contributed by atoms with Gasteiger partial charge in [-0.25, -0.2) is 4.98 Å². The summed E-state index contributed by atoms with van der Waals surface area (Å²) in [7, 11) is 0. The molecule has 0 aliphatic carbocycles. The highest BCUT2D eigenvalue weighted by Crippen LogP contribution is 2.28. The van der Waals surface area contributed by atoms with Gasteiger partial charge >= 0.3 is 0 Å². The Hall–Kier alpha value is -1.09. The van der Waals surface area contributed by atoms with Crippen molar-refractivity contribution in [3.8, 4) is 0 Å². The van der Waals surface area contributed by atoms with Gasteiger partial charge in [-0.15, -0.1) is 0 Å². The molecular weight excluding hydrogens is 288 g/mol. The van der Waals surface area contributed by atoms with Crippen LogP contribution >= 0.6 is 15.9 Å². The number of hydrogen-bond donors (Lipinski definition) is 1. The van der Waals surface area contributed by atoms with Crippen LogP contribution in [0.3, 0.4) is 0 Å². The van der Waals surface area contributed by atoms with E-state index in [-0.39, 0.29) is 5.41 Å². The molecule has 1 heterocycles. The van der Waals surface area contributed by atoms with Crippen molar-refractivity contribution in [3.05, 3.63) is 34.9 Å². The number of anilines is 1. The van der Waals surface area contributed by atoms with E-state index in [1.807, 2.05) is 18.3 Å². The molecule has 18 heavy (non-hydrogen) atoms. The molecule has 0 amide bonds. The molecular formula is C15H19BrN2. The van der Waals surface area contributed by atoms with Crippen LogP contribution in [0.1, 0.15) is 27.2 Å². The van der Waals surface area contributed by atoms with Gasteiger partial charge in [0, 0.05) is 28.0 Å². The summed E-state index contributed by atoms with van der Waals surface area (Å²) in [4.78, 5) is 4.45. The van der Waals surface area contributed by atoms with Crippen LogP contribution in [0, 0.1) is 5.41 Å². The third-order valence-corrected chi connectivity index (χ3v) is 4.14. The molecule has 1 aromatic carbocycles. The summed E-state index contributed by atoms with van der Waals surface area (Å²) in [5.74, 6) is 0.968. The Balaban J connectivity index is 2.32. The topological polar surface area (TPSA) is 24.9 Å². The largest absolute Gasteiger partial charge is 0.369 e. The van der Waals surface area contributed by atoms with Crippen molar-refractivity contribution < 1.29 is 0 Å². The molecule has 1 N–H and O–H groups in total. The molecule has 0 unspecified atom stereocenters. The highest BCUT2D eigenvalue weighted by Gasteiger charge is 2.15. The van der Waals surface area contributed by atoms with Crippen molar-refractivity contribution in [2.45, 2.75) is 27.2 Å². The minimum Gasteiger partial charge on any atom is -0.369 e. The minimum atomic E-state index is 0.288. The standard InChI is InChI=1S/C15H19BrN2/c1-4-15(2,3)10-18-14-12-6-5-7-13(16)11(12)8-9-17-14/h5-9H,4,10H2,1-3H3,(H,17,18). The molecule has 0 fully saturated rings. The summed E-state index contributed by atoms with van der Waals surface area (Å²) in [5.41, 5.74) is 0.288. The van der Waals surface area contributed by atoms with Gasteiger partial charge in [0.2, 0.25) is 0 Å². The highest BCUT2D eigenvalue weighted by molar-refractivity contribution is 9.10. The molecule has 2 aromatic rings. The van der Waals surface area contributed by atoms with Gasteiger partial charge in [-0.05, 0) is 24.0 Å². The molecule has 0 spiro atoms. The van der Waals surface area contributed by atoms with Gasteiger partial charge < -0.3 is 5.32 Å². The average Bonchev–Trinajstić information content (AvgIpc) is 2.37. The van der Waals surface area contributed by atoms with Gasteiger partial charge in [0.25, 0.3) is 0 Å². The predicted octanol–water partition coefficient (Wildman–Crippen LogP) is 4.85. The third kappa shape index (κ3) is 2.83. The van der Waals surface area contributed by atoms with Crippen molar-refractivity contribution in [3.63, 3.8) is 0 Å². The summed E-state index contributed by atoms with van der Waals surface area (Å²) >= 11 is 3.58. The zero-order valence-corrected chi connectivity index (χ0v) is 12.7. The van der Waals surface area contributed by atoms with Gasteiger partial charge in [0.1, 0.15) is 5.82 Å². The molecule has 1 aromatic heterocycles. The molecule has 0 aliphatic rings. The van der Waals surface area contributed by atoms with Gasteiger partial charge in [0.15, 0.2) is 0 Å². The van der Waals surface area contributed by atoms with Gasteiger partial charge in [-0.3, -0.25) is 0 Å². The number of nitrogens with zero attached hydrogens (tertiary/aromatic N) is 1. The van der Waals surface area contributed by atoms with E-state index < -0.39 is 0 Å². The molecule has 2 nitrogen and oxygen atoms in total. The van der Waals surface area contributed by atoms with E-state index >= 15 is 0 Å². The zero-order valence-electron chi connectivity index (χ0n) is 11.1. The van der Waals surface area contributed by atoms with Crippen LogP contribution in [0.25, 0.3) is 10.8 Å². The molecule has 0 bridgehead atoms. The lowest BCUT2D eigenvalue weighted by molar-refractivity contribution is 0.376. The summed E-state index contributed by atoms with van der Waals surface area (Å²) in [6, 6.07) is 8.25. The van der Waals surface area contributed by atoms with Gasteiger partial charge in [-0.1, -0.05) is 48.8 Å². The van der Waals surface area contributed by atoms with E-state index in [9.17, 15) is 0 Å². The number of aromatic nitrogens is 1. The van der Waals surface area contributed by atoms with Crippen LogP contribution in [0.15, 0.2) is 34.9 Å². The molecule has 0 atom stereocenters. The molecule has 0 aliphatic heterocycles. The number of nitrogens with one attached hydrogen (secondary N) is 1. The van der Waals surface area contributed by atoms with E-state index in [0.717, 1.165) is 23.3 Å². The molecule has 0 radical (unpaired) electrons. The quantitative estimate of drug-likeness (QED) is 0.873. The fourth-order valence-electron chi connectivity index (χ4n) is 1.76. The minimum absolute atomic E-state index is 0.288. The SMILES string of the molecule is CCC(C)(C)CNc1nccc2c(Br)cccc12. The van der Waals surface area contributed by atoms with Gasteiger partial charge in [0.05, 0.1) is 0 Å². The normalized spacial score (nSPS) is 11.8. The summed E-state index contributed by atoms with van der Waals surface area (Å²) in [6.07, 6.45) is 3.00. The first kappa shape index (κ1) is 13.3. The lowest BCUT2D eigenvalue weighted by atomic mass is 9.90. The molecule has 3 heteroatoms. The van der Waals surface area contributed by atoms with E-state index in [4.69, 9.17) is 0 Å². The third-order valence-electron chi connectivity index (χ3n) is 3.44. The van der Waals surface area contributed by atoms with Crippen LogP contribution in [-0.2, 0) is 0 Å². The zero-order chi connectivity index (χ0) is 13.2. The monoisotopic (exact) mass is 306 g/mol. The fourth-order valence-corrected chi connectivity index (χ4v) is 2.26. The predicted molar refractivity (Wildman–Crippen MR) is 82.0 cm³/mol. The first-order valence-electron chi connectivity index (χ1n) is 6.30. The van der Waals surface area contributed by atoms with Crippen LogP contribution in [0.4, 0.5) is 5.82 Å². The van der Waals surface area contributed by atoms with Crippen molar-refractivity contribution in [2.75, 3.05) is 11.9 Å². The lowest BCUT2D eigenvalue weighted by Gasteiger charge is -2.23. The number of halogens is 1. The second-order valence-corrected chi connectivity index (χ2v) is 6.22. The Morgan fingerprint density at radius 3 is 2.72 bits per heavy atom. The number of hydrogen-bond acceptors (Lipinski definition) is 2. The second kappa shape index (κ2) is 5.27. The van der Waals surface area contributed by atoms with Crippen LogP contribution < -0.4 is 5.32 Å². The van der Waals surface area contributed by atoms with Crippen molar-refractivity contribution >= 4 is 32.5 Å². The Kier molecular flexibility index (Phi) is 3.91. The highest BCUT2D eigenvalue weighted by atomic mass is 79.9. The van der Waals surface area contributed by atoms with E-state index in [1.165, 1.54) is 10.8 Å².